The molecule has 4 heteroatoms. The van der Waals surface area contributed by atoms with Gasteiger partial charge in [0, 0.05) is 0 Å². The van der Waals surface area contributed by atoms with Gasteiger partial charge in [-0.25, -0.2) is 0 Å². The van der Waals surface area contributed by atoms with Crippen molar-refractivity contribution in [3.8, 4) is 0 Å². The largest absolute Gasteiger partial charge is 0.321 e. The molecule has 1 rings (SSSR count). The summed E-state index contributed by atoms with van der Waals surface area (Å²) in [5, 5.41) is 6.93. The summed E-state index contributed by atoms with van der Waals surface area (Å²) < 4.78 is 0. The van der Waals surface area contributed by atoms with Crippen molar-refractivity contribution in [1.29, 1.82) is 0 Å². The summed E-state index contributed by atoms with van der Waals surface area (Å²) in [5.74, 6) is 5.26. The zero-order valence-electron chi connectivity index (χ0n) is 4.63. The van der Waals surface area contributed by atoms with Crippen molar-refractivity contribution in [3.05, 3.63) is 11.9 Å². The SMILES string of the molecule is CCc1[c]nnn1N. The average molecular weight is 111 g/mol. The van der Waals surface area contributed by atoms with Gasteiger partial charge < -0.3 is 5.84 Å². The highest BCUT2D eigenvalue weighted by atomic mass is 15.6. The number of rotatable bonds is 1. The van der Waals surface area contributed by atoms with Crippen molar-refractivity contribution in [2.24, 2.45) is 0 Å². The minimum Gasteiger partial charge on any atom is -0.321 e. The summed E-state index contributed by atoms with van der Waals surface area (Å²) in [6.07, 6.45) is 3.45. The fraction of sp³-hybridized carbons (Fsp3) is 0.500. The Morgan fingerprint density at radius 2 is 2.62 bits per heavy atom. The molecule has 0 bridgehead atoms. The van der Waals surface area contributed by atoms with E-state index in [1.807, 2.05) is 6.92 Å². The number of hydrogen-bond donors (Lipinski definition) is 1. The molecule has 1 aromatic rings. The number of aromatic nitrogens is 3. The molecule has 0 saturated carbocycles. The second kappa shape index (κ2) is 1.81. The molecule has 0 atom stereocenters. The average Bonchev–Trinajstić information content (AvgIpc) is 2.14. The Balaban J connectivity index is 2.92. The van der Waals surface area contributed by atoms with Crippen molar-refractivity contribution < 1.29 is 0 Å². The zero-order valence-corrected chi connectivity index (χ0v) is 4.63. The molecule has 1 aromatic heterocycles. The molecule has 0 unspecified atom stereocenters. The smallest absolute Gasteiger partial charge is 0.140 e. The van der Waals surface area contributed by atoms with Crippen molar-refractivity contribution in [2.75, 3.05) is 5.84 Å². The first-order valence-corrected chi connectivity index (χ1v) is 2.42. The van der Waals surface area contributed by atoms with Crippen LogP contribution in [-0.4, -0.2) is 15.1 Å². The Bertz CT molecular complexity index is 168. The third kappa shape index (κ3) is 0.641. The maximum Gasteiger partial charge on any atom is 0.140 e. The summed E-state index contributed by atoms with van der Waals surface area (Å²) in [6.45, 7) is 1.97. The normalized spacial score (nSPS) is 9.62. The van der Waals surface area contributed by atoms with Crippen molar-refractivity contribution in [1.82, 2.24) is 15.1 Å². The van der Waals surface area contributed by atoms with Crippen LogP contribution < -0.4 is 5.84 Å². The van der Waals surface area contributed by atoms with Crippen LogP contribution in [0.15, 0.2) is 0 Å². The van der Waals surface area contributed by atoms with Crippen molar-refractivity contribution >= 4 is 0 Å². The van der Waals surface area contributed by atoms with Crippen LogP contribution >= 0.6 is 0 Å². The maximum atomic E-state index is 5.26. The molecule has 0 aliphatic rings. The molecule has 0 aliphatic heterocycles. The molecule has 0 fully saturated rings. The van der Waals surface area contributed by atoms with Gasteiger partial charge in [-0.2, -0.15) is 4.79 Å². The van der Waals surface area contributed by atoms with Gasteiger partial charge in [0.1, 0.15) is 6.20 Å². The Hall–Kier alpha value is -1.06. The maximum absolute atomic E-state index is 5.26. The van der Waals surface area contributed by atoms with Gasteiger partial charge in [-0.15, -0.1) is 5.10 Å². The summed E-state index contributed by atoms with van der Waals surface area (Å²) in [7, 11) is 0. The predicted molar refractivity (Wildman–Crippen MR) is 28.4 cm³/mol. The molecule has 2 N–H and O–H groups in total. The van der Waals surface area contributed by atoms with Crippen LogP contribution in [0.5, 0.6) is 0 Å². The second-order valence-corrected chi connectivity index (χ2v) is 1.45. The highest BCUT2D eigenvalue weighted by Crippen LogP contribution is 1.88. The van der Waals surface area contributed by atoms with Gasteiger partial charge in [0.25, 0.3) is 0 Å². The molecule has 4 nitrogen and oxygen atoms in total. The first-order chi connectivity index (χ1) is 3.84. The van der Waals surface area contributed by atoms with Crippen LogP contribution in [0.1, 0.15) is 12.6 Å². The molecule has 8 heavy (non-hydrogen) atoms. The second-order valence-electron chi connectivity index (χ2n) is 1.45. The van der Waals surface area contributed by atoms with Crippen LogP contribution in [0.25, 0.3) is 0 Å². The third-order valence-electron chi connectivity index (χ3n) is 0.932. The molecular formula is C4H7N4. The van der Waals surface area contributed by atoms with E-state index in [2.05, 4.69) is 16.5 Å². The van der Waals surface area contributed by atoms with Gasteiger partial charge in [0.15, 0.2) is 0 Å². The Morgan fingerprint density at radius 3 is 2.88 bits per heavy atom. The quantitative estimate of drug-likeness (QED) is 0.490. The number of nitrogen functional groups attached to an aromatic ring is 1. The summed E-state index contributed by atoms with van der Waals surface area (Å²) >= 11 is 0. The summed E-state index contributed by atoms with van der Waals surface area (Å²) in [4.78, 5) is 1.22. The molecule has 0 aliphatic carbocycles. The minimum atomic E-state index is 0.823. The van der Waals surface area contributed by atoms with Gasteiger partial charge in [-0.3, -0.25) is 0 Å². The van der Waals surface area contributed by atoms with E-state index in [9.17, 15) is 0 Å². The minimum absolute atomic E-state index is 0.823. The molecular weight excluding hydrogens is 104 g/mol. The third-order valence-corrected chi connectivity index (χ3v) is 0.932. The standard InChI is InChI=1S/C4H7N4/c1-2-4-3-6-7-8(4)5/h2,5H2,1H3. The van der Waals surface area contributed by atoms with Gasteiger partial charge >= 0.3 is 0 Å². The monoisotopic (exact) mass is 111 g/mol. The van der Waals surface area contributed by atoms with Crippen LogP contribution in [0, 0.1) is 6.20 Å². The molecule has 0 aromatic carbocycles. The van der Waals surface area contributed by atoms with Crippen LogP contribution in [-0.2, 0) is 6.42 Å². The fourth-order valence-corrected chi connectivity index (χ4v) is 0.475. The van der Waals surface area contributed by atoms with Crippen LogP contribution in [0.4, 0.5) is 0 Å². The molecule has 0 saturated heterocycles. The first-order valence-electron chi connectivity index (χ1n) is 2.42. The lowest BCUT2D eigenvalue weighted by Crippen LogP contribution is -2.13. The Labute approximate surface area is 47.3 Å². The number of hydrogen-bond acceptors (Lipinski definition) is 3. The number of nitrogens with two attached hydrogens (primary N) is 1. The molecule has 1 heterocycles. The van der Waals surface area contributed by atoms with Crippen LogP contribution in [0.2, 0.25) is 0 Å². The van der Waals surface area contributed by atoms with Gasteiger partial charge in [0.2, 0.25) is 0 Å². The van der Waals surface area contributed by atoms with Crippen molar-refractivity contribution in [3.63, 3.8) is 0 Å². The zero-order chi connectivity index (χ0) is 5.98. The van der Waals surface area contributed by atoms with E-state index in [1.165, 1.54) is 4.79 Å². The topological polar surface area (TPSA) is 56.7 Å². The van der Waals surface area contributed by atoms with E-state index >= 15 is 0 Å². The Morgan fingerprint density at radius 1 is 1.88 bits per heavy atom. The summed E-state index contributed by atoms with van der Waals surface area (Å²) in [5.41, 5.74) is 0.824. The molecule has 0 amide bonds. The fourth-order valence-electron chi connectivity index (χ4n) is 0.475. The molecule has 0 spiro atoms. The lowest BCUT2D eigenvalue weighted by molar-refractivity contribution is 0.730. The van der Waals surface area contributed by atoms with E-state index in [0.29, 0.717) is 0 Å². The predicted octanol–water partition coefficient (Wildman–Crippen LogP) is -0.646. The van der Waals surface area contributed by atoms with Gasteiger partial charge in [-0.05, 0) is 11.6 Å². The lowest BCUT2D eigenvalue weighted by atomic mass is 10.4. The van der Waals surface area contributed by atoms with E-state index in [4.69, 9.17) is 5.84 Å². The number of nitrogens with zero attached hydrogens (tertiary/aromatic N) is 3. The van der Waals surface area contributed by atoms with E-state index in [1.54, 1.807) is 0 Å². The van der Waals surface area contributed by atoms with E-state index in [0.717, 1.165) is 12.1 Å². The van der Waals surface area contributed by atoms with Gasteiger partial charge in [-0.1, -0.05) is 6.92 Å². The molecule has 43 valence electrons. The lowest BCUT2D eigenvalue weighted by Gasteiger charge is -1.89. The number of aryl methyl sites for hydroxylation is 1. The Kier molecular flexibility index (Phi) is 1.15. The van der Waals surface area contributed by atoms with Gasteiger partial charge in [0.05, 0.1) is 5.69 Å². The highest BCUT2D eigenvalue weighted by Gasteiger charge is 1.94. The van der Waals surface area contributed by atoms with E-state index in [-0.39, 0.29) is 0 Å². The highest BCUT2D eigenvalue weighted by molar-refractivity contribution is 4.89. The first kappa shape index (κ1) is 5.08. The van der Waals surface area contributed by atoms with Crippen molar-refractivity contribution in [2.45, 2.75) is 13.3 Å². The van der Waals surface area contributed by atoms with E-state index < -0.39 is 0 Å². The van der Waals surface area contributed by atoms with Crippen LogP contribution in [0.3, 0.4) is 0 Å². The molecule has 1 radical (unpaired) electrons. The summed E-state index contributed by atoms with van der Waals surface area (Å²) in [6, 6.07) is 0.